The summed E-state index contributed by atoms with van der Waals surface area (Å²) in [5, 5.41) is 3.83. The molecule has 1 heterocycles. The highest BCUT2D eigenvalue weighted by Crippen LogP contribution is 2.24. The molecule has 0 bridgehead atoms. The normalized spacial score (nSPS) is 13.0. The van der Waals surface area contributed by atoms with E-state index in [4.69, 9.17) is 21.9 Å². The number of nitrogens with two attached hydrogens (primary N) is 1. The molecule has 2 N–H and O–H groups in total. The van der Waals surface area contributed by atoms with Crippen molar-refractivity contribution in [3.05, 3.63) is 34.9 Å². The van der Waals surface area contributed by atoms with Crippen LogP contribution in [-0.4, -0.2) is 10.1 Å². The third kappa shape index (κ3) is 2.52. The molecule has 0 aliphatic heterocycles. The van der Waals surface area contributed by atoms with Crippen LogP contribution in [0.15, 0.2) is 22.7 Å². The first-order valence-corrected chi connectivity index (χ1v) is 5.91. The minimum Gasteiger partial charge on any atom is -0.337 e. The molecule has 6 heteroatoms. The molecule has 1 atom stereocenters. The molecule has 0 aliphatic rings. The van der Waals surface area contributed by atoms with Crippen LogP contribution in [0.1, 0.15) is 25.8 Å². The summed E-state index contributed by atoms with van der Waals surface area (Å²) in [4.78, 5) is 4.19. The fraction of sp³-hybridized carbons (Fsp3) is 0.333. The van der Waals surface area contributed by atoms with Crippen molar-refractivity contribution in [3.63, 3.8) is 0 Å². The number of rotatable bonds is 3. The minimum atomic E-state index is -0.483. The molecule has 0 unspecified atom stereocenters. The molecule has 0 spiro atoms. The maximum Gasteiger partial charge on any atom is 0.244 e. The third-order valence-corrected chi connectivity index (χ3v) is 2.91. The van der Waals surface area contributed by atoms with Gasteiger partial charge in [-0.2, -0.15) is 4.98 Å². The Labute approximate surface area is 109 Å². The van der Waals surface area contributed by atoms with E-state index in [-0.39, 0.29) is 17.0 Å². The van der Waals surface area contributed by atoms with Crippen molar-refractivity contribution in [2.75, 3.05) is 0 Å². The van der Waals surface area contributed by atoms with E-state index in [1.807, 2.05) is 13.8 Å². The smallest absolute Gasteiger partial charge is 0.244 e. The van der Waals surface area contributed by atoms with Gasteiger partial charge in [0.25, 0.3) is 0 Å². The average molecular weight is 270 g/mol. The van der Waals surface area contributed by atoms with Crippen LogP contribution >= 0.6 is 11.6 Å². The van der Waals surface area contributed by atoms with E-state index in [0.717, 1.165) is 0 Å². The molecule has 2 aromatic rings. The number of nitrogens with zero attached hydrogens (tertiary/aromatic N) is 2. The lowest BCUT2D eigenvalue weighted by Gasteiger charge is -2.09. The van der Waals surface area contributed by atoms with E-state index in [2.05, 4.69) is 10.1 Å². The van der Waals surface area contributed by atoms with Gasteiger partial charge in [0.05, 0.1) is 11.1 Å². The maximum atomic E-state index is 13.0. The van der Waals surface area contributed by atoms with Gasteiger partial charge in [0.2, 0.25) is 11.7 Å². The van der Waals surface area contributed by atoms with Gasteiger partial charge < -0.3 is 10.3 Å². The Balaban J connectivity index is 2.32. The Bertz CT molecular complexity index is 556. The first-order valence-electron chi connectivity index (χ1n) is 5.53. The van der Waals surface area contributed by atoms with Gasteiger partial charge in [-0.1, -0.05) is 30.6 Å². The summed E-state index contributed by atoms with van der Waals surface area (Å²) in [6.45, 7) is 3.92. The first-order chi connectivity index (χ1) is 8.49. The van der Waals surface area contributed by atoms with Gasteiger partial charge in [0.15, 0.2) is 0 Å². The van der Waals surface area contributed by atoms with Gasteiger partial charge >= 0.3 is 0 Å². The van der Waals surface area contributed by atoms with Gasteiger partial charge in [-0.3, -0.25) is 0 Å². The Kier molecular flexibility index (Phi) is 3.63. The number of aromatic nitrogens is 2. The number of hydrogen-bond acceptors (Lipinski definition) is 4. The monoisotopic (exact) mass is 269 g/mol. The van der Waals surface area contributed by atoms with Crippen molar-refractivity contribution in [2.24, 2.45) is 11.7 Å². The van der Waals surface area contributed by atoms with Crippen LogP contribution < -0.4 is 5.73 Å². The van der Waals surface area contributed by atoms with Crippen molar-refractivity contribution in [1.29, 1.82) is 0 Å². The van der Waals surface area contributed by atoms with Gasteiger partial charge in [0, 0.05) is 5.56 Å². The van der Waals surface area contributed by atoms with Gasteiger partial charge in [0.1, 0.15) is 5.82 Å². The molecule has 1 aromatic carbocycles. The quantitative estimate of drug-likeness (QED) is 0.929. The van der Waals surface area contributed by atoms with E-state index < -0.39 is 5.82 Å². The van der Waals surface area contributed by atoms with E-state index in [1.165, 1.54) is 18.2 Å². The lowest BCUT2D eigenvalue weighted by Crippen LogP contribution is -2.16. The van der Waals surface area contributed by atoms with E-state index in [0.29, 0.717) is 17.3 Å². The number of benzene rings is 1. The predicted molar refractivity (Wildman–Crippen MR) is 66.5 cm³/mol. The molecule has 96 valence electrons. The molecular formula is C12H13ClFN3O. The SMILES string of the molecule is CC(C)[C@@H](N)c1nc(-c2ccc(F)c(Cl)c2)no1. The fourth-order valence-corrected chi connectivity index (χ4v) is 1.59. The standard InChI is InChI=1S/C12H13ClFN3O/c1-6(2)10(15)12-16-11(17-18-12)7-3-4-9(14)8(13)5-7/h3-6,10H,15H2,1-2H3/t10-/m1/s1. The largest absolute Gasteiger partial charge is 0.337 e. The second-order valence-corrected chi connectivity index (χ2v) is 4.76. The third-order valence-electron chi connectivity index (χ3n) is 2.62. The molecule has 18 heavy (non-hydrogen) atoms. The van der Waals surface area contributed by atoms with E-state index in [9.17, 15) is 4.39 Å². The Morgan fingerprint density at radius 1 is 1.39 bits per heavy atom. The van der Waals surface area contributed by atoms with Gasteiger partial charge in [-0.15, -0.1) is 0 Å². The average Bonchev–Trinajstić information content (AvgIpc) is 2.81. The second-order valence-electron chi connectivity index (χ2n) is 4.35. The minimum absolute atomic E-state index is 0.0204. The summed E-state index contributed by atoms with van der Waals surface area (Å²) in [6, 6.07) is 3.93. The number of halogens is 2. The van der Waals surface area contributed by atoms with Crippen LogP contribution in [0.2, 0.25) is 5.02 Å². The number of hydrogen-bond donors (Lipinski definition) is 1. The zero-order chi connectivity index (χ0) is 13.3. The highest BCUT2D eigenvalue weighted by molar-refractivity contribution is 6.31. The summed E-state index contributed by atoms with van der Waals surface area (Å²) in [6.07, 6.45) is 0. The Morgan fingerprint density at radius 2 is 2.11 bits per heavy atom. The summed E-state index contributed by atoms with van der Waals surface area (Å²) in [7, 11) is 0. The highest BCUT2D eigenvalue weighted by Gasteiger charge is 2.18. The molecule has 0 radical (unpaired) electrons. The maximum absolute atomic E-state index is 13.0. The van der Waals surface area contributed by atoms with Gasteiger partial charge in [-0.05, 0) is 24.1 Å². The zero-order valence-electron chi connectivity index (χ0n) is 10.0. The topological polar surface area (TPSA) is 64.9 Å². The summed E-state index contributed by atoms with van der Waals surface area (Å²) < 4.78 is 18.1. The fourth-order valence-electron chi connectivity index (χ4n) is 1.41. The van der Waals surface area contributed by atoms with Gasteiger partial charge in [-0.25, -0.2) is 4.39 Å². The highest BCUT2D eigenvalue weighted by atomic mass is 35.5. The molecule has 4 nitrogen and oxygen atoms in total. The Morgan fingerprint density at radius 3 is 2.72 bits per heavy atom. The van der Waals surface area contributed by atoms with Crippen molar-refractivity contribution in [3.8, 4) is 11.4 Å². The lowest BCUT2D eigenvalue weighted by molar-refractivity contribution is 0.325. The summed E-state index contributed by atoms with van der Waals surface area (Å²) in [5.74, 6) is 0.418. The second kappa shape index (κ2) is 5.04. The molecule has 0 fully saturated rings. The van der Waals surface area contributed by atoms with Crippen molar-refractivity contribution in [1.82, 2.24) is 10.1 Å². The molecular weight excluding hydrogens is 257 g/mol. The molecule has 1 aromatic heterocycles. The van der Waals surface area contributed by atoms with Crippen LogP contribution in [0, 0.1) is 11.7 Å². The Hall–Kier alpha value is -1.46. The summed E-state index contributed by atoms with van der Waals surface area (Å²) in [5.41, 5.74) is 6.49. The van der Waals surface area contributed by atoms with Crippen LogP contribution in [0.3, 0.4) is 0 Å². The molecule has 2 rings (SSSR count). The van der Waals surface area contributed by atoms with Crippen molar-refractivity contribution >= 4 is 11.6 Å². The first kappa shape index (κ1) is 13.0. The molecule has 0 saturated carbocycles. The van der Waals surface area contributed by atoms with Crippen LogP contribution in [-0.2, 0) is 0 Å². The van der Waals surface area contributed by atoms with Crippen LogP contribution in [0.5, 0.6) is 0 Å². The molecule has 0 aliphatic carbocycles. The predicted octanol–water partition coefficient (Wildman–Crippen LogP) is 3.18. The zero-order valence-corrected chi connectivity index (χ0v) is 10.8. The van der Waals surface area contributed by atoms with Crippen molar-refractivity contribution < 1.29 is 8.91 Å². The van der Waals surface area contributed by atoms with E-state index >= 15 is 0 Å². The van der Waals surface area contributed by atoms with Crippen LogP contribution in [0.4, 0.5) is 4.39 Å². The lowest BCUT2D eigenvalue weighted by atomic mass is 10.1. The van der Waals surface area contributed by atoms with Crippen molar-refractivity contribution in [2.45, 2.75) is 19.9 Å². The van der Waals surface area contributed by atoms with Crippen LogP contribution in [0.25, 0.3) is 11.4 Å². The molecule has 0 amide bonds. The summed E-state index contributed by atoms with van der Waals surface area (Å²) >= 11 is 5.70. The molecule has 0 saturated heterocycles. The van der Waals surface area contributed by atoms with E-state index in [1.54, 1.807) is 0 Å².